The van der Waals surface area contributed by atoms with E-state index in [1.807, 2.05) is 12.1 Å². The molecule has 30 heavy (non-hydrogen) atoms. The topological polar surface area (TPSA) is 107 Å². The molecule has 0 fully saturated rings. The third-order valence-corrected chi connectivity index (χ3v) is 4.73. The number of non-ortho nitro benzene ring substituents is 1. The van der Waals surface area contributed by atoms with E-state index < -0.39 is 4.92 Å². The molecule has 1 heterocycles. The Morgan fingerprint density at radius 1 is 1.17 bits per heavy atom. The van der Waals surface area contributed by atoms with Gasteiger partial charge < -0.3 is 5.32 Å². The third-order valence-electron chi connectivity index (χ3n) is 4.48. The number of carbonyl (C=O) groups is 1. The van der Waals surface area contributed by atoms with E-state index in [1.54, 1.807) is 25.1 Å². The summed E-state index contributed by atoms with van der Waals surface area (Å²) < 4.78 is 1.33. The Hall–Kier alpha value is -3.52. The fourth-order valence-corrected chi connectivity index (χ4v) is 3.01. The lowest BCUT2D eigenvalue weighted by Gasteiger charge is -2.09. The number of benzene rings is 2. The number of aromatic nitrogens is 2. The minimum atomic E-state index is -0.485. The van der Waals surface area contributed by atoms with Gasteiger partial charge in [0, 0.05) is 47.4 Å². The molecule has 0 unspecified atom stereocenters. The van der Waals surface area contributed by atoms with E-state index in [9.17, 15) is 19.7 Å². The molecule has 8 nitrogen and oxygen atoms in total. The summed E-state index contributed by atoms with van der Waals surface area (Å²) in [5.74, 6) is -0.242. The predicted octanol–water partition coefficient (Wildman–Crippen LogP) is 4.20. The molecule has 0 bridgehead atoms. The van der Waals surface area contributed by atoms with Crippen molar-refractivity contribution in [2.24, 2.45) is 0 Å². The van der Waals surface area contributed by atoms with Crippen molar-refractivity contribution in [2.75, 3.05) is 5.32 Å². The van der Waals surface area contributed by atoms with E-state index in [0.29, 0.717) is 28.4 Å². The monoisotopic (exact) mass is 426 g/mol. The van der Waals surface area contributed by atoms with Gasteiger partial charge in [-0.05, 0) is 43.2 Å². The first kappa shape index (κ1) is 21.2. The Kier molecular flexibility index (Phi) is 6.58. The molecule has 1 N–H and O–H groups in total. The molecule has 1 aromatic heterocycles. The second-order valence-electron chi connectivity index (χ2n) is 6.69. The highest BCUT2D eigenvalue weighted by molar-refractivity contribution is 6.30. The zero-order chi connectivity index (χ0) is 21.7. The molecule has 154 valence electrons. The smallest absolute Gasteiger partial charge is 0.269 e. The van der Waals surface area contributed by atoms with Gasteiger partial charge in [-0.3, -0.25) is 19.7 Å². The molecule has 0 spiro atoms. The molecule has 0 aliphatic heterocycles. The van der Waals surface area contributed by atoms with Gasteiger partial charge in [-0.15, -0.1) is 0 Å². The molecule has 9 heteroatoms. The molecular formula is C21H19ClN4O4. The highest BCUT2D eigenvalue weighted by Gasteiger charge is 2.11. The molecule has 0 aliphatic rings. The molecule has 2 aromatic carbocycles. The second-order valence-corrected chi connectivity index (χ2v) is 7.13. The first-order valence-electron chi connectivity index (χ1n) is 9.22. The van der Waals surface area contributed by atoms with E-state index in [4.69, 9.17) is 11.6 Å². The summed E-state index contributed by atoms with van der Waals surface area (Å²) in [6.07, 6.45) is 0.588. The average molecular weight is 427 g/mol. The van der Waals surface area contributed by atoms with Crippen molar-refractivity contribution >= 4 is 28.9 Å². The summed E-state index contributed by atoms with van der Waals surface area (Å²) in [6, 6.07) is 14.5. The summed E-state index contributed by atoms with van der Waals surface area (Å²) in [4.78, 5) is 34.6. The largest absolute Gasteiger partial charge is 0.326 e. The van der Waals surface area contributed by atoms with E-state index in [1.165, 1.54) is 28.9 Å². The SMILES string of the molecule is Cc1cc([N+](=O)[O-])ccc1NC(=O)CCCn1nc(-c2ccc(Cl)cc2)ccc1=O. The van der Waals surface area contributed by atoms with Crippen LogP contribution in [0.3, 0.4) is 0 Å². The lowest BCUT2D eigenvalue weighted by molar-refractivity contribution is -0.384. The van der Waals surface area contributed by atoms with Gasteiger partial charge in [0.2, 0.25) is 5.91 Å². The lowest BCUT2D eigenvalue weighted by Crippen LogP contribution is -2.23. The number of nitrogens with one attached hydrogen (secondary N) is 1. The Labute approximate surface area is 177 Å². The first-order valence-corrected chi connectivity index (χ1v) is 9.60. The average Bonchev–Trinajstić information content (AvgIpc) is 2.71. The summed E-state index contributed by atoms with van der Waals surface area (Å²) in [5, 5.41) is 18.5. The van der Waals surface area contributed by atoms with Gasteiger partial charge in [0.15, 0.2) is 0 Å². The zero-order valence-electron chi connectivity index (χ0n) is 16.2. The van der Waals surface area contributed by atoms with Crippen LogP contribution in [0.1, 0.15) is 18.4 Å². The van der Waals surface area contributed by atoms with Crippen molar-refractivity contribution in [3.63, 3.8) is 0 Å². The maximum absolute atomic E-state index is 12.2. The quantitative estimate of drug-likeness (QED) is 0.450. The number of hydrogen-bond donors (Lipinski definition) is 1. The number of nitrogens with zero attached hydrogens (tertiary/aromatic N) is 3. The van der Waals surface area contributed by atoms with Crippen LogP contribution in [0.25, 0.3) is 11.3 Å². The van der Waals surface area contributed by atoms with Gasteiger partial charge in [-0.2, -0.15) is 5.10 Å². The molecule has 0 aliphatic carbocycles. The van der Waals surface area contributed by atoms with E-state index in [2.05, 4.69) is 10.4 Å². The lowest BCUT2D eigenvalue weighted by atomic mass is 10.1. The molecule has 0 radical (unpaired) electrons. The number of nitro benzene ring substituents is 1. The van der Waals surface area contributed by atoms with Crippen LogP contribution in [0.5, 0.6) is 0 Å². The van der Waals surface area contributed by atoms with Gasteiger partial charge in [-0.1, -0.05) is 23.7 Å². The predicted molar refractivity (Wildman–Crippen MR) is 115 cm³/mol. The zero-order valence-corrected chi connectivity index (χ0v) is 16.9. The number of hydrogen-bond acceptors (Lipinski definition) is 5. The fourth-order valence-electron chi connectivity index (χ4n) is 2.89. The number of aryl methyl sites for hydroxylation is 2. The summed E-state index contributed by atoms with van der Waals surface area (Å²) in [7, 11) is 0. The standard InChI is InChI=1S/C21H19ClN4O4/c1-14-13-17(26(29)30)8-9-18(14)23-20(27)3-2-12-25-21(28)11-10-19(24-25)15-4-6-16(22)7-5-15/h4-11,13H,2-3,12H2,1H3,(H,23,27). The first-order chi connectivity index (χ1) is 14.3. The highest BCUT2D eigenvalue weighted by atomic mass is 35.5. The van der Waals surface area contributed by atoms with Crippen LogP contribution >= 0.6 is 11.6 Å². The highest BCUT2D eigenvalue weighted by Crippen LogP contribution is 2.21. The number of carbonyl (C=O) groups excluding carboxylic acids is 1. The van der Waals surface area contributed by atoms with Crippen molar-refractivity contribution < 1.29 is 9.72 Å². The molecule has 0 saturated heterocycles. The van der Waals surface area contributed by atoms with Gasteiger partial charge in [0.05, 0.1) is 10.6 Å². The van der Waals surface area contributed by atoms with E-state index in [0.717, 1.165) is 5.56 Å². The van der Waals surface area contributed by atoms with Crippen molar-refractivity contribution in [3.8, 4) is 11.3 Å². The van der Waals surface area contributed by atoms with Crippen LogP contribution in [0.4, 0.5) is 11.4 Å². The van der Waals surface area contributed by atoms with Crippen molar-refractivity contribution in [3.05, 3.63) is 85.7 Å². The van der Waals surface area contributed by atoms with Crippen molar-refractivity contribution in [1.29, 1.82) is 0 Å². The Morgan fingerprint density at radius 2 is 1.90 bits per heavy atom. The fraction of sp³-hybridized carbons (Fsp3) is 0.190. The van der Waals surface area contributed by atoms with Crippen molar-refractivity contribution in [1.82, 2.24) is 9.78 Å². The number of anilines is 1. The molecule has 0 atom stereocenters. The number of rotatable bonds is 7. The molecular weight excluding hydrogens is 408 g/mol. The van der Waals surface area contributed by atoms with Crippen LogP contribution in [-0.2, 0) is 11.3 Å². The molecule has 3 aromatic rings. The minimum absolute atomic E-state index is 0.0310. The van der Waals surface area contributed by atoms with Gasteiger partial charge >= 0.3 is 0 Å². The Morgan fingerprint density at radius 3 is 2.57 bits per heavy atom. The maximum atomic E-state index is 12.2. The molecule has 1 amide bonds. The van der Waals surface area contributed by atoms with Crippen LogP contribution < -0.4 is 10.9 Å². The maximum Gasteiger partial charge on any atom is 0.269 e. The van der Waals surface area contributed by atoms with E-state index in [-0.39, 0.29) is 30.1 Å². The van der Waals surface area contributed by atoms with Crippen LogP contribution in [0.2, 0.25) is 5.02 Å². The summed E-state index contributed by atoms with van der Waals surface area (Å²) in [5.41, 5.74) is 2.31. The van der Waals surface area contributed by atoms with Gasteiger partial charge in [0.25, 0.3) is 11.2 Å². The second kappa shape index (κ2) is 9.32. The van der Waals surface area contributed by atoms with Crippen LogP contribution in [0, 0.1) is 17.0 Å². The minimum Gasteiger partial charge on any atom is -0.326 e. The Balaban J connectivity index is 1.60. The van der Waals surface area contributed by atoms with E-state index >= 15 is 0 Å². The normalized spacial score (nSPS) is 10.6. The van der Waals surface area contributed by atoms with Crippen LogP contribution in [0.15, 0.2) is 59.4 Å². The Bertz CT molecular complexity index is 1140. The summed E-state index contributed by atoms with van der Waals surface area (Å²) >= 11 is 5.90. The third kappa shape index (κ3) is 5.30. The van der Waals surface area contributed by atoms with Gasteiger partial charge in [0.1, 0.15) is 0 Å². The van der Waals surface area contributed by atoms with Gasteiger partial charge in [-0.25, -0.2) is 4.68 Å². The number of nitro groups is 1. The number of amides is 1. The molecule has 0 saturated carbocycles. The number of halogens is 1. The molecule has 3 rings (SSSR count). The summed E-state index contributed by atoms with van der Waals surface area (Å²) in [6.45, 7) is 1.97. The van der Waals surface area contributed by atoms with Crippen LogP contribution in [-0.4, -0.2) is 20.6 Å². The van der Waals surface area contributed by atoms with Crippen molar-refractivity contribution in [2.45, 2.75) is 26.3 Å².